The van der Waals surface area contributed by atoms with Crippen molar-refractivity contribution in [1.82, 2.24) is 9.29 Å². The Labute approximate surface area is 127 Å². The minimum Gasteiger partial charge on any atom is -0.302 e. The fourth-order valence-electron chi connectivity index (χ4n) is 2.44. The Bertz CT molecular complexity index is 845. The van der Waals surface area contributed by atoms with Gasteiger partial charge in [0.15, 0.2) is 0 Å². The first kappa shape index (κ1) is 14.7. The Balaban J connectivity index is 1.90. The summed E-state index contributed by atoms with van der Waals surface area (Å²) in [6.07, 6.45) is 3.17. The van der Waals surface area contributed by atoms with Crippen molar-refractivity contribution < 1.29 is 8.42 Å². The van der Waals surface area contributed by atoms with Crippen molar-refractivity contribution >= 4 is 31.6 Å². The van der Waals surface area contributed by atoms with Gasteiger partial charge >= 0.3 is 4.87 Å². The predicted octanol–water partition coefficient (Wildman–Crippen LogP) is 2.07. The molecule has 7 heteroatoms. The number of thiazole rings is 1. The van der Waals surface area contributed by atoms with E-state index in [1.165, 1.54) is 4.57 Å². The van der Waals surface area contributed by atoms with Gasteiger partial charge in [-0.05, 0) is 42.9 Å². The molecule has 5 nitrogen and oxygen atoms in total. The topological polar surface area (TPSA) is 68.2 Å². The first-order valence-corrected chi connectivity index (χ1v) is 9.26. The number of hydrogen-bond acceptors (Lipinski definition) is 4. The highest BCUT2D eigenvalue weighted by Gasteiger charge is 2.41. The van der Waals surface area contributed by atoms with Crippen LogP contribution in [0.2, 0.25) is 0 Å². The molecule has 1 N–H and O–H groups in total. The highest BCUT2D eigenvalue weighted by molar-refractivity contribution is 7.89. The third-order valence-corrected chi connectivity index (χ3v) is 6.81. The smallest absolute Gasteiger partial charge is 0.302 e. The first-order chi connectivity index (χ1) is 9.87. The van der Waals surface area contributed by atoms with Crippen LogP contribution in [0.3, 0.4) is 0 Å². The van der Waals surface area contributed by atoms with Gasteiger partial charge in [-0.2, -0.15) is 0 Å². The molecular weight excluding hydrogens is 308 g/mol. The van der Waals surface area contributed by atoms with E-state index in [1.807, 2.05) is 0 Å². The average Bonchev–Trinajstić information content (AvgIpc) is 3.19. The third-order valence-electron chi connectivity index (χ3n) is 4.42. The van der Waals surface area contributed by atoms with E-state index in [0.717, 1.165) is 36.1 Å². The van der Waals surface area contributed by atoms with Gasteiger partial charge in [-0.3, -0.25) is 4.79 Å². The van der Waals surface area contributed by atoms with E-state index in [9.17, 15) is 13.2 Å². The van der Waals surface area contributed by atoms with Crippen molar-refractivity contribution in [3.63, 3.8) is 0 Å². The minimum atomic E-state index is -3.51. The molecule has 0 bridgehead atoms. The van der Waals surface area contributed by atoms with Gasteiger partial charge in [-0.15, -0.1) is 0 Å². The molecule has 1 aliphatic rings. The zero-order chi connectivity index (χ0) is 15.3. The molecule has 0 saturated heterocycles. The lowest BCUT2D eigenvalue weighted by Gasteiger charge is -2.13. The molecule has 2 aromatic rings. The molecule has 1 aromatic carbocycles. The SMILES string of the molecule is CCC1(CNS(=O)(=O)c2ccc3c(c2)sc(=O)n3C)CC1. The summed E-state index contributed by atoms with van der Waals surface area (Å²) in [5, 5.41) is 0. The van der Waals surface area contributed by atoms with E-state index < -0.39 is 10.0 Å². The van der Waals surface area contributed by atoms with Crippen LogP contribution in [0.15, 0.2) is 27.9 Å². The van der Waals surface area contributed by atoms with Crippen molar-refractivity contribution in [2.75, 3.05) is 6.54 Å². The lowest BCUT2D eigenvalue weighted by Crippen LogP contribution is -2.30. The number of nitrogens with zero attached hydrogens (tertiary/aromatic N) is 1. The Hall–Kier alpha value is -1.18. The van der Waals surface area contributed by atoms with Gasteiger partial charge < -0.3 is 4.57 Å². The van der Waals surface area contributed by atoms with Crippen LogP contribution < -0.4 is 9.60 Å². The van der Waals surface area contributed by atoms with Crippen molar-refractivity contribution in [2.45, 2.75) is 31.1 Å². The zero-order valence-electron chi connectivity index (χ0n) is 12.0. The number of benzene rings is 1. The van der Waals surface area contributed by atoms with E-state index in [1.54, 1.807) is 25.2 Å². The van der Waals surface area contributed by atoms with E-state index in [4.69, 9.17) is 0 Å². The maximum absolute atomic E-state index is 12.4. The van der Waals surface area contributed by atoms with E-state index >= 15 is 0 Å². The summed E-state index contributed by atoms with van der Waals surface area (Å²) in [6.45, 7) is 2.59. The molecule has 0 aliphatic heterocycles. The van der Waals surface area contributed by atoms with Crippen LogP contribution in [-0.4, -0.2) is 19.5 Å². The molecule has 0 radical (unpaired) electrons. The normalized spacial score (nSPS) is 17.2. The van der Waals surface area contributed by atoms with Gasteiger partial charge in [-0.1, -0.05) is 18.3 Å². The second-order valence-corrected chi connectivity index (χ2v) is 8.49. The van der Waals surface area contributed by atoms with Crippen LogP contribution in [0, 0.1) is 5.41 Å². The minimum absolute atomic E-state index is 0.0876. The number of aryl methyl sites for hydroxylation is 1. The van der Waals surface area contributed by atoms with Crippen LogP contribution >= 0.6 is 11.3 Å². The van der Waals surface area contributed by atoms with Gasteiger partial charge in [0.1, 0.15) is 0 Å². The standard InChI is InChI=1S/C14H18N2O3S2/c1-3-14(6-7-14)9-15-21(18,19)10-4-5-11-12(8-10)20-13(17)16(11)2/h4-5,8,15H,3,6-7,9H2,1-2H3. The third kappa shape index (κ3) is 2.65. The van der Waals surface area contributed by atoms with Gasteiger partial charge in [0.05, 0.1) is 15.1 Å². The molecule has 0 amide bonds. The molecular formula is C14H18N2O3S2. The Morgan fingerprint density at radius 3 is 2.71 bits per heavy atom. The Morgan fingerprint density at radius 2 is 2.10 bits per heavy atom. The number of rotatable bonds is 5. The summed E-state index contributed by atoms with van der Waals surface area (Å²) in [5.74, 6) is 0. The molecule has 0 unspecified atom stereocenters. The number of fused-ring (bicyclic) bond motifs is 1. The van der Waals surface area contributed by atoms with Crippen molar-refractivity contribution in [3.05, 3.63) is 27.9 Å². The summed E-state index contributed by atoms with van der Waals surface area (Å²) in [7, 11) is -1.83. The molecule has 0 spiro atoms. The van der Waals surface area contributed by atoms with Gasteiger partial charge in [0.2, 0.25) is 10.0 Å². The quantitative estimate of drug-likeness (QED) is 0.914. The van der Waals surface area contributed by atoms with E-state index in [0.29, 0.717) is 11.2 Å². The number of nitrogens with one attached hydrogen (secondary N) is 1. The predicted molar refractivity (Wildman–Crippen MR) is 84.2 cm³/mol. The van der Waals surface area contributed by atoms with E-state index in [-0.39, 0.29) is 15.2 Å². The lowest BCUT2D eigenvalue weighted by atomic mass is 10.1. The number of hydrogen-bond donors (Lipinski definition) is 1. The molecule has 1 heterocycles. The van der Waals surface area contributed by atoms with Gasteiger partial charge in [0.25, 0.3) is 0 Å². The lowest BCUT2D eigenvalue weighted by molar-refractivity contribution is 0.475. The second kappa shape index (κ2) is 4.93. The van der Waals surface area contributed by atoms with Crippen molar-refractivity contribution in [3.8, 4) is 0 Å². The first-order valence-electron chi connectivity index (χ1n) is 6.96. The summed E-state index contributed by atoms with van der Waals surface area (Å²) in [6, 6.07) is 4.83. The molecule has 1 fully saturated rings. The van der Waals surface area contributed by atoms with Crippen LogP contribution in [0.5, 0.6) is 0 Å². The molecule has 21 heavy (non-hydrogen) atoms. The molecule has 1 aliphatic carbocycles. The summed E-state index contributed by atoms with van der Waals surface area (Å²) in [4.78, 5) is 11.8. The second-order valence-electron chi connectivity index (χ2n) is 5.73. The molecule has 1 saturated carbocycles. The van der Waals surface area contributed by atoms with Crippen molar-refractivity contribution in [1.29, 1.82) is 0 Å². The van der Waals surface area contributed by atoms with Gasteiger partial charge in [0, 0.05) is 13.6 Å². The summed E-state index contributed by atoms with van der Waals surface area (Å²) < 4.78 is 29.7. The Morgan fingerprint density at radius 1 is 1.38 bits per heavy atom. The molecule has 1 aromatic heterocycles. The molecule has 0 atom stereocenters. The highest BCUT2D eigenvalue weighted by atomic mass is 32.2. The van der Waals surface area contributed by atoms with E-state index in [2.05, 4.69) is 11.6 Å². The molecule has 114 valence electrons. The Kier molecular flexibility index (Phi) is 3.46. The van der Waals surface area contributed by atoms with Crippen LogP contribution in [0.25, 0.3) is 10.2 Å². The average molecular weight is 326 g/mol. The number of sulfonamides is 1. The highest BCUT2D eigenvalue weighted by Crippen LogP contribution is 2.48. The van der Waals surface area contributed by atoms with Crippen molar-refractivity contribution in [2.24, 2.45) is 12.5 Å². The fraction of sp³-hybridized carbons (Fsp3) is 0.500. The maximum atomic E-state index is 12.4. The fourth-order valence-corrected chi connectivity index (χ4v) is 4.62. The maximum Gasteiger partial charge on any atom is 0.307 e. The van der Waals surface area contributed by atoms with Crippen LogP contribution in [-0.2, 0) is 17.1 Å². The largest absolute Gasteiger partial charge is 0.307 e. The summed E-state index contributed by atoms with van der Waals surface area (Å²) >= 11 is 1.06. The zero-order valence-corrected chi connectivity index (χ0v) is 13.7. The monoisotopic (exact) mass is 326 g/mol. The van der Waals surface area contributed by atoms with Gasteiger partial charge in [-0.25, -0.2) is 13.1 Å². The van der Waals surface area contributed by atoms with Crippen LogP contribution in [0.1, 0.15) is 26.2 Å². The molecule has 3 rings (SSSR count). The van der Waals surface area contributed by atoms with Crippen LogP contribution in [0.4, 0.5) is 0 Å². The summed E-state index contributed by atoms with van der Waals surface area (Å²) in [5.41, 5.74) is 0.922. The number of aromatic nitrogens is 1.